The lowest BCUT2D eigenvalue weighted by atomic mass is 9.95. The van der Waals surface area contributed by atoms with Crippen LogP contribution in [0.15, 0.2) is 59.1 Å². The molecule has 2 amide bonds. The fourth-order valence-corrected chi connectivity index (χ4v) is 5.49. The van der Waals surface area contributed by atoms with Gasteiger partial charge < -0.3 is 10.2 Å². The van der Waals surface area contributed by atoms with Crippen molar-refractivity contribution < 1.29 is 9.59 Å². The molecule has 0 aromatic heterocycles. The Bertz CT molecular complexity index is 869. The number of benzene rings is 2. The first-order chi connectivity index (χ1) is 16.1. The molecule has 0 radical (unpaired) electrons. The molecule has 0 heterocycles. The van der Waals surface area contributed by atoms with E-state index >= 15 is 0 Å². The minimum absolute atomic E-state index is 0.00345. The van der Waals surface area contributed by atoms with Gasteiger partial charge in [-0.15, -0.1) is 11.8 Å². The minimum atomic E-state index is -0.420. The largest absolute Gasteiger partial charge is 0.352 e. The third kappa shape index (κ3) is 8.49. The van der Waals surface area contributed by atoms with Gasteiger partial charge in [-0.1, -0.05) is 84.6 Å². The summed E-state index contributed by atoms with van der Waals surface area (Å²) in [6, 6.07) is 18.2. The van der Waals surface area contributed by atoms with Crippen LogP contribution in [0.2, 0.25) is 0 Å². The Hall–Kier alpha value is -1.79. The van der Waals surface area contributed by atoms with Gasteiger partial charge in [-0.25, -0.2) is 0 Å². The lowest BCUT2D eigenvalue weighted by Crippen LogP contribution is -2.52. The summed E-state index contributed by atoms with van der Waals surface area (Å²) in [6.45, 7) is 2.56. The number of nitrogens with one attached hydrogen (secondary N) is 1. The maximum absolute atomic E-state index is 13.3. The van der Waals surface area contributed by atoms with E-state index in [9.17, 15) is 9.59 Å². The van der Waals surface area contributed by atoms with Crippen LogP contribution in [0, 0.1) is 0 Å². The van der Waals surface area contributed by atoms with Crippen molar-refractivity contribution >= 4 is 39.5 Å². The van der Waals surface area contributed by atoms with E-state index in [0.29, 0.717) is 18.7 Å². The van der Waals surface area contributed by atoms with Gasteiger partial charge in [0.05, 0.1) is 5.75 Å². The first-order valence-corrected chi connectivity index (χ1v) is 14.0. The maximum Gasteiger partial charge on any atom is 0.243 e. The van der Waals surface area contributed by atoms with Gasteiger partial charge in [-0.3, -0.25) is 9.59 Å². The summed E-state index contributed by atoms with van der Waals surface area (Å²) in [5, 5.41) is 3.25. The topological polar surface area (TPSA) is 49.4 Å². The molecule has 0 saturated heterocycles. The Kier molecular flexibility index (Phi) is 10.8. The number of halogens is 1. The van der Waals surface area contributed by atoms with Gasteiger partial charge in [0.25, 0.3) is 0 Å². The smallest absolute Gasteiger partial charge is 0.243 e. The van der Waals surface area contributed by atoms with Crippen LogP contribution in [-0.2, 0) is 21.8 Å². The first kappa shape index (κ1) is 25.8. The summed E-state index contributed by atoms with van der Waals surface area (Å²) in [4.78, 5) is 28.4. The Labute approximate surface area is 211 Å². The lowest BCUT2D eigenvalue weighted by Gasteiger charge is -2.32. The second kappa shape index (κ2) is 13.8. The normalized spacial score (nSPS) is 15.1. The van der Waals surface area contributed by atoms with Crippen molar-refractivity contribution in [2.75, 3.05) is 12.3 Å². The van der Waals surface area contributed by atoms with Gasteiger partial charge in [-0.2, -0.15) is 0 Å². The first-order valence-electron chi connectivity index (χ1n) is 12.0. The van der Waals surface area contributed by atoms with E-state index in [1.54, 1.807) is 11.8 Å². The van der Waals surface area contributed by atoms with Gasteiger partial charge >= 0.3 is 0 Å². The van der Waals surface area contributed by atoms with Crippen molar-refractivity contribution in [2.24, 2.45) is 0 Å². The SMILES string of the molecule is CC[C@H](C(=O)NC1CCCCC1)N(CCc1ccccc1)C(=O)CSCc1ccc(Br)cc1. The zero-order chi connectivity index (χ0) is 23.5. The van der Waals surface area contributed by atoms with Crippen LogP contribution in [0.25, 0.3) is 0 Å². The zero-order valence-electron chi connectivity index (χ0n) is 19.5. The number of hydrogen-bond acceptors (Lipinski definition) is 3. The summed E-state index contributed by atoms with van der Waals surface area (Å²) in [6.07, 6.45) is 7.05. The molecule has 2 aromatic carbocycles. The number of thioether (sulfide) groups is 1. The zero-order valence-corrected chi connectivity index (χ0v) is 21.9. The van der Waals surface area contributed by atoms with Crippen molar-refractivity contribution in [3.05, 3.63) is 70.2 Å². The minimum Gasteiger partial charge on any atom is -0.352 e. The molecule has 33 heavy (non-hydrogen) atoms. The van der Waals surface area contributed by atoms with Gasteiger partial charge in [0.2, 0.25) is 11.8 Å². The second-order valence-electron chi connectivity index (χ2n) is 8.71. The van der Waals surface area contributed by atoms with Gasteiger partial charge in [0, 0.05) is 22.8 Å². The monoisotopic (exact) mass is 530 g/mol. The van der Waals surface area contributed by atoms with E-state index in [1.165, 1.54) is 30.4 Å². The van der Waals surface area contributed by atoms with Crippen LogP contribution in [0.5, 0.6) is 0 Å². The molecule has 1 N–H and O–H groups in total. The highest BCUT2D eigenvalue weighted by Gasteiger charge is 2.29. The summed E-state index contributed by atoms with van der Waals surface area (Å²) in [7, 11) is 0. The van der Waals surface area contributed by atoms with E-state index in [4.69, 9.17) is 0 Å². The standard InChI is InChI=1S/C27H35BrN2O2S/c1-2-25(27(32)29-24-11-7-4-8-12-24)30(18-17-21-9-5-3-6-10-21)26(31)20-33-19-22-13-15-23(28)16-14-22/h3,5-6,9-10,13-16,24-25H,2,4,7-8,11-12,17-20H2,1H3,(H,29,32)/t25-/m1/s1. The summed E-state index contributed by atoms with van der Waals surface area (Å²) in [5.74, 6) is 1.19. The molecule has 0 bridgehead atoms. The molecule has 0 unspecified atom stereocenters. The van der Waals surface area contributed by atoms with Crippen LogP contribution in [0.4, 0.5) is 0 Å². The molecule has 178 valence electrons. The fourth-order valence-electron chi connectivity index (χ4n) is 4.36. The van der Waals surface area contributed by atoms with Crippen molar-refractivity contribution in [3.8, 4) is 0 Å². The van der Waals surface area contributed by atoms with Gasteiger partial charge in [0.15, 0.2) is 0 Å². The number of nitrogens with zero attached hydrogens (tertiary/aromatic N) is 1. The Morgan fingerprint density at radius 1 is 1.03 bits per heavy atom. The molecule has 2 aromatic rings. The Morgan fingerprint density at radius 2 is 1.73 bits per heavy atom. The third-order valence-electron chi connectivity index (χ3n) is 6.23. The predicted molar refractivity (Wildman–Crippen MR) is 141 cm³/mol. The number of amides is 2. The van der Waals surface area contributed by atoms with Crippen LogP contribution in [0.3, 0.4) is 0 Å². The summed E-state index contributed by atoms with van der Waals surface area (Å²) < 4.78 is 1.05. The fraction of sp³-hybridized carbons (Fsp3) is 0.481. The summed E-state index contributed by atoms with van der Waals surface area (Å²) >= 11 is 5.07. The second-order valence-corrected chi connectivity index (χ2v) is 10.6. The maximum atomic E-state index is 13.3. The molecule has 4 nitrogen and oxygen atoms in total. The molecule has 0 aliphatic heterocycles. The molecule has 1 aliphatic carbocycles. The van der Waals surface area contributed by atoms with E-state index in [-0.39, 0.29) is 17.9 Å². The van der Waals surface area contributed by atoms with Crippen LogP contribution >= 0.6 is 27.7 Å². The highest BCUT2D eigenvalue weighted by molar-refractivity contribution is 9.10. The average molecular weight is 532 g/mol. The molecule has 1 atom stereocenters. The van der Waals surface area contributed by atoms with E-state index in [0.717, 1.165) is 29.5 Å². The van der Waals surface area contributed by atoms with Crippen LogP contribution in [-0.4, -0.2) is 41.1 Å². The molecular weight excluding hydrogens is 496 g/mol. The van der Waals surface area contributed by atoms with Crippen LogP contribution < -0.4 is 5.32 Å². The molecule has 1 fully saturated rings. The molecule has 6 heteroatoms. The highest BCUT2D eigenvalue weighted by atomic mass is 79.9. The molecule has 1 aliphatic rings. The number of carbonyl (C=O) groups is 2. The van der Waals surface area contributed by atoms with Crippen molar-refractivity contribution in [1.82, 2.24) is 10.2 Å². The highest BCUT2D eigenvalue weighted by Crippen LogP contribution is 2.20. The van der Waals surface area contributed by atoms with Gasteiger partial charge in [0.1, 0.15) is 6.04 Å². The Morgan fingerprint density at radius 3 is 2.39 bits per heavy atom. The van der Waals surface area contributed by atoms with Crippen molar-refractivity contribution in [1.29, 1.82) is 0 Å². The van der Waals surface area contributed by atoms with E-state index in [1.807, 2.05) is 42.2 Å². The summed E-state index contributed by atoms with van der Waals surface area (Å²) in [5.41, 5.74) is 2.37. The lowest BCUT2D eigenvalue weighted by molar-refractivity contribution is -0.139. The van der Waals surface area contributed by atoms with Crippen molar-refractivity contribution in [3.63, 3.8) is 0 Å². The van der Waals surface area contributed by atoms with Crippen LogP contribution in [0.1, 0.15) is 56.6 Å². The predicted octanol–water partition coefficient (Wildman–Crippen LogP) is 5.98. The van der Waals surface area contributed by atoms with Crippen molar-refractivity contribution in [2.45, 2.75) is 69.7 Å². The van der Waals surface area contributed by atoms with E-state index in [2.05, 4.69) is 45.5 Å². The number of rotatable bonds is 11. The molecule has 3 rings (SSSR count). The molecule has 0 spiro atoms. The number of hydrogen-bond donors (Lipinski definition) is 1. The third-order valence-corrected chi connectivity index (χ3v) is 7.75. The average Bonchev–Trinajstić information content (AvgIpc) is 2.84. The quantitative estimate of drug-likeness (QED) is 0.388. The number of carbonyl (C=O) groups excluding carboxylic acids is 2. The van der Waals surface area contributed by atoms with Gasteiger partial charge in [-0.05, 0) is 48.9 Å². The molecular formula is C27H35BrN2O2S. The van der Waals surface area contributed by atoms with E-state index < -0.39 is 6.04 Å². The Balaban J connectivity index is 1.64. The molecule has 1 saturated carbocycles.